The Morgan fingerprint density at radius 3 is 2.43 bits per heavy atom. The van der Waals surface area contributed by atoms with Gasteiger partial charge in [0.05, 0.1) is 25.0 Å². The lowest BCUT2D eigenvalue weighted by molar-refractivity contribution is 0.0602. The minimum atomic E-state index is -0.453. The van der Waals surface area contributed by atoms with E-state index in [0.717, 1.165) is 24.3 Å². The number of hydrogen-bond donors (Lipinski definition) is 3. The average molecular weight is 407 g/mol. The smallest absolute Gasteiger partial charge is 0.339 e. The first-order valence-electron chi connectivity index (χ1n) is 9.67. The van der Waals surface area contributed by atoms with E-state index in [9.17, 15) is 4.79 Å². The highest BCUT2D eigenvalue weighted by atomic mass is 16.5. The Morgan fingerprint density at radius 2 is 1.73 bits per heavy atom. The molecule has 3 aromatic rings. The number of nitrogens with one attached hydrogen (secondary N) is 2. The summed E-state index contributed by atoms with van der Waals surface area (Å²) in [6, 6.07) is 14.5. The van der Waals surface area contributed by atoms with Crippen LogP contribution in [0.2, 0.25) is 0 Å². The molecule has 8 heteroatoms. The van der Waals surface area contributed by atoms with Gasteiger partial charge in [0.15, 0.2) is 11.6 Å². The van der Waals surface area contributed by atoms with Gasteiger partial charge in [0, 0.05) is 5.69 Å². The second-order valence-corrected chi connectivity index (χ2v) is 6.50. The molecule has 0 radical (unpaired) electrons. The quantitative estimate of drug-likeness (QED) is 0.351. The van der Waals surface area contributed by atoms with Crippen LogP contribution in [-0.2, 0) is 4.74 Å². The topological polar surface area (TPSA) is 111 Å². The number of benzene rings is 2. The fourth-order valence-electron chi connectivity index (χ4n) is 2.71. The Morgan fingerprint density at radius 1 is 1.03 bits per heavy atom. The molecule has 0 fully saturated rings. The van der Waals surface area contributed by atoms with E-state index in [1.54, 1.807) is 24.3 Å². The minimum Gasteiger partial charge on any atom is -0.494 e. The van der Waals surface area contributed by atoms with Crippen molar-refractivity contribution in [2.45, 2.75) is 19.8 Å². The third-order valence-corrected chi connectivity index (χ3v) is 4.35. The first-order chi connectivity index (χ1) is 14.6. The lowest BCUT2D eigenvalue weighted by atomic mass is 10.2. The fraction of sp³-hybridized carbons (Fsp3) is 0.227. The molecule has 156 valence electrons. The average Bonchev–Trinajstić information content (AvgIpc) is 2.77. The number of aromatic nitrogens is 2. The lowest BCUT2D eigenvalue weighted by Gasteiger charge is -2.14. The zero-order valence-corrected chi connectivity index (χ0v) is 17.0. The van der Waals surface area contributed by atoms with Crippen molar-refractivity contribution in [2.75, 3.05) is 30.1 Å². The summed E-state index contributed by atoms with van der Waals surface area (Å²) in [6.07, 6.45) is 3.50. The molecule has 0 aliphatic heterocycles. The molecular formula is C22H25N5O3. The molecule has 0 atom stereocenters. The number of carbonyl (C=O) groups is 1. The predicted octanol–water partition coefficient (Wildman–Crippen LogP) is 4.51. The third kappa shape index (κ3) is 5.16. The van der Waals surface area contributed by atoms with Crippen molar-refractivity contribution < 1.29 is 14.3 Å². The van der Waals surface area contributed by atoms with Gasteiger partial charge >= 0.3 is 5.97 Å². The van der Waals surface area contributed by atoms with Gasteiger partial charge in [0.25, 0.3) is 0 Å². The van der Waals surface area contributed by atoms with Gasteiger partial charge in [-0.15, -0.1) is 0 Å². The molecule has 0 bridgehead atoms. The summed E-state index contributed by atoms with van der Waals surface area (Å²) in [5, 5.41) is 6.26. The van der Waals surface area contributed by atoms with Gasteiger partial charge in [0.2, 0.25) is 0 Å². The van der Waals surface area contributed by atoms with Crippen LogP contribution in [-0.4, -0.2) is 29.7 Å². The van der Waals surface area contributed by atoms with Crippen LogP contribution >= 0.6 is 0 Å². The number of anilines is 5. The zero-order chi connectivity index (χ0) is 21.3. The number of nitrogens with zero attached hydrogens (tertiary/aromatic N) is 2. The molecule has 0 saturated heterocycles. The van der Waals surface area contributed by atoms with Crippen molar-refractivity contribution in [1.29, 1.82) is 0 Å². The fourth-order valence-corrected chi connectivity index (χ4v) is 2.71. The summed E-state index contributed by atoms with van der Waals surface area (Å²) in [5.74, 6) is 1.18. The standard InChI is InChI=1S/C22H25N5O3/c1-3-4-13-30-16-11-9-15(10-12-16)26-20-19(23)21(25-14-24-20)27-18-8-6-5-7-17(18)22(28)29-2/h5-12,14H,3-4,13,23H2,1-2H3,(H2,24,25,26,27). The van der Waals surface area contributed by atoms with E-state index < -0.39 is 5.97 Å². The number of nitrogens with two attached hydrogens (primary N) is 1. The van der Waals surface area contributed by atoms with Crippen molar-refractivity contribution in [3.05, 3.63) is 60.4 Å². The van der Waals surface area contributed by atoms with E-state index in [1.165, 1.54) is 13.4 Å². The molecule has 0 aliphatic carbocycles. The molecule has 1 aromatic heterocycles. The Balaban J connectivity index is 1.75. The zero-order valence-electron chi connectivity index (χ0n) is 17.0. The maximum atomic E-state index is 12.0. The second-order valence-electron chi connectivity index (χ2n) is 6.50. The number of methoxy groups -OCH3 is 1. The van der Waals surface area contributed by atoms with E-state index in [-0.39, 0.29) is 0 Å². The predicted molar refractivity (Wildman–Crippen MR) is 118 cm³/mol. The highest BCUT2D eigenvalue weighted by Gasteiger charge is 2.14. The molecule has 4 N–H and O–H groups in total. The van der Waals surface area contributed by atoms with Crippen LogP contribution in [0.25, 0.3) is 0 Å². The number of unbranched alkanes of at least 4 members (excludes halogenated alkanes) is 1. The Hall–Kier alpha value is -3.81. The van der Waals surface area contributed by atoms with Crippen LogP contribution < -0.4 is 21.1 Å². The number of hydrogen-bond acceptors (Lipinski definition) is 8. The van der Waals surface area contributed by atoms with Gasteiger partial charge in [-0.05, 0) is 42.8 Å². The third-order valence-electron chi connectivity index (χ3n) is 4.35. The van der Waals surface area contributed by atoms with Crippen LogP contribution in [0.3, 0.4) is 0 Å². The van der Waals surface area contributed by atoms with Gasteiger partial charge < -0.3 is 25.8 Å². The highest BCUT2D eigenvalue weighted by molar-refractivity contribution is 5.97. The molecule has 8 nitrogen and oxygen atoms in total. The van der Waals surface area contributed by atoms with Gasteiger partial charge in [-0.25, -0.2) is 14.8 Å². The van der Waals surface area contributed by atoms with E-state index in [2.05, 4.69) is 27.5 Å². The molecule has 3 rings (SSSR count). The van der Waals surface area contributed by atoms with Crippen molar-refractivity contribution in [3.63, 3.8) is 0 Å². The van der Waals surface area contributed by atoms with Crippen LogP contribution in [0, 0.1) is 0 Å². The number of rotatable bonds is 9. The van der Waals surface area contributed by atoms with Gasteiger partial charge in [-0.1, -0.05) is 25.5 Å². The summed E-state index contributed by atoms with van der Waals surface area (Å²) in [6.45, 7) is 2.82. The lowest BCUT2D eigenvalue weighted by Crippen LogP contribution is -2.09. The molecule has 0 unspecified atom stereocenters. The first-order valence-corrected chi connectivity index (χ1v) is 9.67. The SMILES string of the molecule is CCCCOc1ccc(Nc2ncnc(Nc3ccccc3C(=O)OC)c2N)cc1. The van der Waals surface area contributed by atoms with E-state index in [4.69, 9.17) is 15.2 Å². The van der Waals surface area contributed by atoms with Crippen molar-refractivity contribution >= 4 is 34.7 Å². The molecule has 1 heterocycles. The minimum absolute atomic E-state index is 0.320. The summed E-state index contributed by atoms with van der Waals surface area (Å²) in [7, 11) is 1.33. The van der Waals surface area contributed by atoms with Gasteiger partial charge in [0.1, 0.15) is 17.8 Å². The van der Waals surface area contributed by atoms with Crippen molar-refractivity contribution in [1.82, 2.24) is 9.97 Å². The van der Waals surface area contributed by atoms with E-state index in [0.29, 0.717) is 35.2 Å². The van der Waals surface area contributed by atoms with Crippen molar-refractivity contribution in [2.24, 2.45) is 0 Å². The number of nitrogen functional groups attached to an aromatic ring is 1. The maximum absolute atomic E-state index is 12.0. The maximum Gasteiger partial charge on any atom is 0.339 e. The number of para-hydroxylation sites is 1. The van der Waals surface area contributed by atoms with Gasteiger partial charge in [-0.3, -0.25) is 0 Å². The van der Waals surface area contributed by atoms with Crippen LogP contribution in [0.15, 0.2) is 54.9 Å². The Kier molecular flexibility index (Phi) is 7.05. The number of esters is 1. The Labute approximate surface area is 175 Å². The van der Waals surface area contributed by atoms with Crippen molar-refractivity contribution in [3.8, 4) is 5.75 Å². The number of carbonyl (C=O) groups excluding carboxylic acids is 1. The first kappa shape index (κ1) is 20.9. The highest BCUT2D eigenvalue weighted by Crippen LogP contribution is 2.30. The molecule has 30 heavy (non-hydrogen) atoms. The van der Waals surface area contributed by atoms with Crippen LogP contribution in [0.5, 0.6) is 5.75 Å². The molecule has 0 aliphatic rings. The normalized spacial score (nSPS) is 10.3. The number of ether oxygens (including phenoxy) is 2. The summed E-state index contributed by atoms with van der Waals surface area (Å²) < 4.78 is 10.5. The van der Waals surface area contributed by atoms with E-state index in [1.807, 2.05) is 24.3 Å². The van der Waals surface area contributed by atoms with Crippen LogP contribution in [0.1, 0.15) is 30.1 Å². The summed E-state index contributed by atoms with van der Waals surface area (Å²) in [5.41, 5.74) is 8.30. The largest absolute Gasteiger partial charge is 0.494 e. The van der Waals surface area contributed by atoms with E-state index >= 15 is 0 Å². The molecule has 2 aromatic carbocycles. The Bertz CT molecular complexity index is 992. The molecule has 0 saturated carbocycles. The monoisotopic (exact) mass is 407 g/mol. The molecule has 0 amide bonds. The van der Waals surface area contributed by atoms with Crippen LogP contribution in [0.4, 0.5) is 28.7 Å². The molecular weight excluding hydrogens is 382 g/mol. The molecule has 0 spiro atoms. The summed E-state index contributed by atoms with van der Waals surface area (Å²) >= 11 is 0. The second kappa shape index (κ2) is 10.1. The van der Waals surface area contributed by atoms with Gasteiger partial charge in [-0.2, -0.15) is 0 Å². The summed E-state index contributed by atoms with van der Waals surface area (Å²) in [4.78, 5) is 20.4.